The lowest BCUT2D eigenvalue weighted by atomic mass is 9.68. The molecule has 49 heavy (non-hydrogen) atoms. The number of nitrogens with zero attached hydrogens (tertiary/aromatic N) is 1. The van der Waals surface area contributed by atoms with Gasteiger partial charge in [0.15, 0.2) is 0 Å². The maximum Gasteiger partial charge on any atom is 0.264 e. The van der Waals surface area contributed by atoms with E-state index in [1.165, 1.54) is 11.1 Å². The Bertz CT molecular complexity index is 1670. The number of hydrogen-bond acceptors (Lipinski definition) is 8. The zero-order valence-corrected chi connectivity index (χ0v) is 30.0. The highest BCUT2D eigenvalue weighted by Crippen LogP contribution is 2.47. The van der Waals surface area contributed by atoms with Gasteiger partial charge in [-0.3, -0.25) is 9.59 Å². The number of ether oxygens (including phenoxy) is 3. The molecule has 2 amide bonds. The molecule has 4 aliphatic rings. The third kappa shape index (κ3) is 7.95. The number of fused-ring (bicyclic) bond motifs is 4. The molecule has 5 atom stereocenters. The molecule has 10 nitrogen and oxygen atoms in total. The minimum atomic E-state index is -3.94. The first-order valence-corrected chi connectivity index (χ1v) is 19.5. The standard InChI is InChI=1S/C37H48ClN3O7S/c1-3-29-8-4-5-9-33(47-22-35(42)39-17-18-46-2)30-13-10-27(30)21-41-23-37(16-6-7-25-19-28(38)12-14-31(25)37)24-48-34-15-11-26(20-32(34)41)36(43)40-49(29,44)45/h5,9,11-12,14-15,19-20,27,29-30,33H,3-4,6-8,10,13,16-18,21-24H2,1-2H3,(H,39,42)(H,40,43)/b9-5+/t27-,29+,30+,33-,37-/m0/s1. The number of methoxy groups -OCH3 is 1. The van der Waals surface area contributed by atoms with Crippen molar-refractivity contribution in [3.63, 3.8) is 0 Å². The van der Waals surface area contributed by atoms with Crippen LogP contribution in [0.4, 0.5) is 5.69 Å². The van der Waals surface area contributed by atoms with E-state index in [1.54, 1.807) is 25.3 Å². The smallest absolute Gasteiger partial charge is 0.264 e. The van der Waals surface area contributed by atoms with E-state index in [0.29, 0.717) is 57.9 Å². The lowest BCUT2D eigenvalue weighted by Gasteiger charge is -2.46. The topological polar surface area (TPSA) is 123 Å². The first-order valence-electron chi connectivity index (χ1n) is 17.5. The molecule has 1 fully saturated rings. The summed E-state index contributed by atoms with van der Waals surface area (Å²) in [4.78, 5) is 28.4. The lowest BCUT2D eigenvalue weighted by molar-refractivity contribution is -0.129. The molecule has 0 aromatic heterocycles. The van der Waals surface area contributed by atoms with Crippen LogP contribution >= 0.6 is 11.6 Å². The van der Waals surface area contributed by atoms with Gasteiger partial charge < -0.3 is 24.4 Å². The van der Waals surface area contributed by atoms with E-state index in [-0.39, 0.29) is 41.4 Å². The molecular weight excluding hydrogens is 666 g/mol. The maximum atomic E-state index is 13.5. The number of benzene rings is 2. The van der Waals surface area contributed by atoms with Crippen molar-refractivity contribution in [3.8, 4) is 5.75 Å². The SMILES string of the molecule is CC[C@@H]1CC/C=C/[C@H](OCC(=O)NCCOC)[C@@H]2CC[C@H]2CN2C[C@@]3(CCCc4cc(Cl)ccc43)COc3ccc(cc32)C(=O)NS1(=O)=O. The van der Waals surface area contributed by atoms with Crippen LogP contribution in [-0.4, -0.2) is 78.2 Å². The second kappa shape index (κ2) is 15.4. The Morgan fingerprint density at radius 2 is 2.04 bits per heavy atom. The summed E-state index contributed by atoms with van der Waals surface area (Å²) in [5.74, 6) is 0.247. The Morgan fingerprint density at radius 1 is 1.18 bits per heavy atom. The van der Waals surface area contributed by atoms with E-state index < -0.39 is 21.2 Å². The van der Waals surface area contributed by atoms with Crippen molar-refractivity contribution in [1.82, 2.24) is 10.0 Å². The molecule has 1 spiro atoms. The van der Waals surface area contributed by atoms with Crippen molar-refractivity contribution < 1.29 is 32.2 Å². The number of amides is 2. The van der Waals surface area contributed by atoms with E-state index in [0.717, 1.165) is 42.8 Å². The second-order valence-corrected chi connectivity index (χ2v) is 16.3. The van der Waals surface area contributed by atoms with Crippen LogP contribution in [0.3, 0.4) is 0 Å². The quantitative estimate of drug-likeness (QED) is 0.298. The molecule has 2 aliphatic carbocycles. The number of carbonyl (C=O) groups is 2. The Labute approximate surface area is 294 Å². The highest BCUT2D eigenvalue weighted by Gasteiger charge is 2.44. The number of rotatable bonds is 7. The van der Waals surface area contributed by atoms with Gasteiger partial charge in [-0.05, 0) is 105 Å². The number of allylic oxidation sites excluding steroid dienone is 1. The first kappa shape index (κ1) is 35.7. The second-order valence-electron chi connectivity index (χ2n) is 13.9. The van der Waals surface area contributed by atoms with Crippen LogP contribution < -0.4 is 19.7 Å². The van der Waals surface area contributed by atoms with Gasteiger partial charge in [0.25, 0.3) is 5.91 Å². The van der Waals surface area contributed by atoms with Gasteiger partial charge in [0.2, 0.25) is 15.9 Å². The van der Waals surface area contributed by atoms with Gasteiger partial charge in [0.05, 0.1) is 30.3 Å². The Kier molecular flexibility index (Phi) is 11.2. The molecule has 2 bridgehead atoms. The van der Waals surface area contributed by atoms with Crippen molar-refractivity contribution in [2.75, 3.05) is 51.5 Å². The molecule has 0 saturated heterocycles. The van der Waals surface area contributed by atoms with Gasteiger partial charge >= 0.3 is 0 Å². The molecule has 2 aliphatic heterocycles. The van der Waals surface area contributed by atoms with Crippen LogP contribution in [0.2, 0.25) is 5.02 Å². The molecule has 2 aromatic carbocycles. The zero-order valence-electron chi connectivity index (χ0n) is 28.4. The van der Waals surface area contributed by atoms with Crippen LogP contribution in [0.5, 0.6) is 5.75 Å². The number of anilines is 1. The Morgan fingerprint density at radius 3 is 2.82 bits per heavy atom. The fourth-order valence-electron chi connectivity index (χ4n) is 7.99. The van der Waals surface area contributed by atoms with Gasteiger partial charge in [-0.25, -0.2) is 13.1 Å². The number of nitrogens with one attached hydrogen (secondary N) is 2. The molecule has 2 aromatic rings. The highest BCUT2D eigenvalue weighted by atomic mass is 35.5. The molecule has 266 valence electrons. The molecule has 6 rings (SSSR count). The van der Waals surface area contributed by atoms with Crippen LogP contribution in [0.1, 0.15) is 73.4 Å². The molecule has 0 unspecified atom stereocenters. The Balaban J connectivity index is 1.36. The van der Waals surface area contributed by atoms with Crippen molar-refractivity contribution in [3.05, 3.63) is 70.3 Å². The first-order chi connectivity index (χ1) is 23.6. The third-order valence-corrected chi connectivity index (χ3v) is 12.9. The summed E-state index contributed by atoms with van der Waals surface area (Å²) in [5, 5.41) is 2.81. The van der Waals surface area contributed by atoms with Gasteiger partial charge in [-0.15, -0.1) is 0 Å². The lowest BCUT2D eigenvalue weighted by Crippen LogP contribution is -2.50. The monoisotopic (exact) mass is 713 g/mol. The van der Waals surface area contributed by atoms with Crippen LogP contribution in [0, 0.1) is 11.8 Å². The van der Waals surface area contributed by atoms with Crippen LogP contribution in [0.25, 0.3) is 0 Å². The minimum absolute atomic E-state index is 0.0772. The zero-order chi connectivity index (χ0) is 34.6. The molecule has 2 N–H and O–H groups in total. The predicted octanol–water partition coefficient (Wildman–Crippen LogP) is 5.18. The average Bonchev–Trinajstić information content (AvgIpc) is 3.21. The number of sulfonamides is 1. The summed E-state index contributed by atoms with van der Waals surface area (Å²) in [7, 11) is -2.35. The third-order valence-electron chi connectivity index (χ3n) is 10.8. The van der Waals surface area contributed by atoms with Gasteiger partial charge in [-0.1, -0.05) is 36.7 Å². The molecular formula is C37H48ClN3O7S. The normalized spacial score (nSPS) is 28.6. The van der Waals surface area contributed by atoms with Crippen molar-refractivity contribution >= 4 is 39.1 Å². The molecule has 1 saturated carbocycles. The van der Waals surface area contributed by atoms with E-state index in [4.69, 9.17) is 25.8 Å². The summed E-state index contributed by atoms with van der Waals surface area (Å²) in [6.45, 7) is 4.40. The number of hydrogen-bond donors (Lipinski definition) is 2. The summed E-state index contributed by atoms with van der Waals surface area (Å²) in [6.07, 6.45) is 9.73. The maximum absolute atomic E-state index is 13.5. The van der Waals surface area contributed by atoms with Gasteiger partial charge in [0.1, 0.15) is 12.4 Å². The van der Waals surface area contributed by atoms with E-state index in [9.17, 15) is 18.0 Å². The molecule has 0 radical (unpaired) electrons. The summed E-state index contributed by atoms with van der Waals surface area (Å²) in [6, 6.07) is 11.4. The number of aryl methyl sites for hydroxylation is 1. The van der Waals surface area contributed by atoms with Gasteiger partial charge in [-0.2, -0.15) is 0 Å². The van der Waals surface area contributed by atoms with Crippen molar-refractivity contribution in [2.45, 2.75) is 75.1 Å². The minimum Gasteiger partial charge on any atom is -0.490 e. The average molecular weight is 714 g/mol. The van der Waals surface area contributed by atoms with E-state index in [2.05, 4.69) is 27.1 Å². The summed E-state index contributed by atoms with van der Waals surface area (Å²) < 4.78 is 47.1. The van der Waals surface area contributed by atoms with Crippen LogP contribution in [0.15, 0.2) is 48.6 Å². The summed E-state index contributed by atoms with van der Waals surface area (Å²) >= 11 is 6.44. The van der Waals surface area contributed by atoms with Crippen molar-refractivity contribution in [2.24, 2.45) is 11.8 Å². The predicted molar refractivity (Wildman–Crippen MR) is 190 cm³/mol. The van der Waals surface area contributed by atoms with Gasteiger partial charge in [0, 0.05) is 42.7 Å². The van der Waals surface area contributed by atoms with Crippen molar-refractivity contribution in [1.29, 1.82) is 0 Å². The largest absolute Gasteiger partial charge is 0.490 e. The Hall–Kier alpha value is -3.12. The molecule has 12 heteroatoms. The van der Waals surface area contributed by atoms with E-state index in [1.807, 2.05) is 25.1 Å². The van der Waals surface area contributed by atoms with E-state index >= 15 is 0 Å². The van der Waals surface area contributed by atoms with Crippen LogP contribution in [-0.2, 0) is 36.1 Å². The fourth-order valence-corrected chi connectivity index (χ4v) is 9.62. The highest BCUT2D eigenvalue weighted by molar-refractivity contribution is 7.90. The fraction of sp³-hybridized carbons (Fsp3) is 0.568. The number of carbonyl (C=O) groups excluding carboxylic acids is 2. The summed E-state index contributed by atoms with van der Waals surface area (Å²) in [5.41, 5.74) is 3.23. The number of halogens is 1. The molecule has 2 heterocycles.